The Kier molecular flexibility index (Phi) is 3.80. The van der Waals surface area contributed by atoms with Crippen molar-refractivity contribution in [3.63, 3.8) is 0 Å². The van der Waals surface area contributed by atoms with Gasteiger partial charge >= 0.3 is 0 Å². The van der Waals surface area contributed by atoms with Crippen LogP contribution in [-0.2, 0) is 13.0 Å². The average molecular weight is 317 g/mol. The van der Waals surface area contributed by atoms with Crippen molar-refractivity contribution in [1.29, 1.82) is 0 Å². The molecule has 0 radical (unpaired) electrons. The molecular weight excluding hydrogens is 302 g/mol. The first-order valence-corrected chi connectivity index (χ1v) is 8.41. The molecule has 1 aliphatic heterocycles. The molecule has 0 saturated heterocycles. The van der Waals surface area contributed by atoms with Crippen molar-refractivity contribution < 1.29 is 15.1 Å². The summed E-state index contributed by atoms with van der Waals surface area (Å²) in [6, 6.07) is 10.2. The minimum atomic E-state index is 0. The third-order valence-electron chi connectivity index (χ3n) is 3.72. The van der Waals surface area contributed by atoms with E-state index < -0.39 is 0 Å². The number of hydrogen-bond donors (Lipinski definition) is 1. The monoisotopic (exact) mass is 317 g/mol. The van der Waals surface area contributed by atoms with E-state index in [1.165, 1.54) is 9.88 Å². The molecule has 3 nitrogen and oxygen atoms in total. The Hall–Kier alpha value is -1.69. The lowest BCUT2D eigenvalue weighted by Crippen LogP contribution is -2.31. The van der Waals surface area contributed by atoms with E-state index >= 15 is 0 Å². The number of thiophene rings is 1. The minimum absolute atomic E-state index is 0. The molecule has 0 aliphatic carbocycles. The van der Waals surface area contributed by atoms with E-state index in [-0.39, 0.29) is 5.48 Å². The molecule has 0 fully saturated rings. The number of aryl methyl sites for hydroxylation is 1. The Morgan fingerprint density at radius 2 is 1.90 bits per heavy atom. The quantitative estimate of drug-likeness (QED) is 0.692. The topological polar surface area (TPSA) is 54.1 Å². The second-order valence-electron chi connectivity index (χ2n) is 4.96. The summed E-state index contributed by atoms with van der Waals surface area (Å²) in [5.41, 5.74) is 2.23. The third-order valence-corrected chi connectivity index (χ3v) is 6.04. The molecule has 108 valence electrons. The molecular formula is C16H15NO2S2. The van der Waals surface area contributed by atoms with Gasteiger partial charge in [0.05, 0.1) is 10.3 Å². The van der Waals surface area contributed by atoms with Crippen LogP contribution in [0.4, 0.5) is 0 Å². The molecule has 0 bridgehead atoms. The van der Waals surface area contributed by atoms with Crippen LogP contribution in [0, 0.1) is 0 Å². The maximum absolute atomic E-state index is 10.6. The summed E-state index contributed by atoms with van der Waals surface area (Å²) in [5.74, 6) is 0.484. The van der Waals surface area contributed by atoms with Gasteiger partial charge in [0.1, 0.15) is 17.2 Å². The van der Waals surface area contributed by atoms with Gasteiger partial charge in [0.2, 0.25) is 0 Å². The zero-order chi connectivity index (χ0) is 13.5. The van der Waals surface area contributed by atoms with Gasteiger partial charge in [-0.25, -0.2) is 0 Å². The zero-order valence-corrected chi connectivity index (χ0v) is 13.0. The molecule has 0 atom stereocenters. The standard InChI is InChI=1S/C16H13NOS2.H2O/c18-13-12-7-4-8-17-9-10-19-16(17)15(12)20-14(13)11-5-2-1-3-6-11;/h1-3,5-6,9-10H,4,7-8H2;1H2. The van der Waals surface area contributed by atoms with Crippen molar-refractivity contribution in [3.8, 4) is 26.1 Å². The SMILES string of the molecule is Oc1c(-c2ccccc2)sc2c1CCC[n+]1ccsc1-2.[OH-]. The van der Waals surface area contributed by atoms with Crippen LogP contribution in [-0.4, -0.2) is 10.6 Å². The van der Waals surface area contributed by atoms with Crippen LogP contribution in [0.5, 0.6) is 5.75 Å². The Balaban J connectivity index is 0.00000132. The van der Waals surface area contributed by atoms with Crippen molar-refractivity contribution in [2.75, 3.05) is 0 Å². The molecule has 1 aliphatic rings. The predicted molar refractivity (Wildman–Crippen MR) is 85.2 cm³/mol. The lowest BCUT2D eigenvalue weighted by atomic mass is 10.1. The first-order valence-electron chi connectivity index (χ1n) is 6.72. The number of hydrogen-bond acceptors (Lipinski definition) is 4. The molecule has 3 aromatic rings. The second kappa shape index (κ2) is 5.60. The fourth-order valence-electron chi connectivity index (χ4n) is 2.74. The number of aromatic hydroxyl groups is 1. The van der Waals surface area contributed by atoms with Gasteiger partial charge in [-0.3, -0.25) is 0 Å². The van der Waals surface area contributed by atoms with Crippen LogP contribution >= 0.6 is 22.7 Å². The van der Waals surface area contributed by atoms with Crippen molar-refractivity contribution >= 4 is 22.7 Å². The van der Waals surface area contributed by atoms with Gasteiger partial charge in [-0.1, -0.05) is 41.7 Å². The Morgan fingerprint density at radius 3 is 2.71 bits per heavy atom. The highest BCUT2D eigenvalue weighted by atomic mass is 32.1. The average Bonchev–Trinajstić information content (AvgIpc) is 3.02. The smallest absolute Gasteiger partial charge is 0.279 e. The van der Waals surface area contributed by atoms with Crippen LogP contribution in [0.3, 0.4) is 0 Å². The first kappa shape index (κ1) is 14.3. The van der Waals surface area contributed by atoms with Crippen LogP contribution in [0.1, 0.15) is 12.0 Å². The molecule has 3 heterocycles. The fraction of sp³-hybridized carbons (Fsp3) is 0.188. The Morgan fingerprint density at radius 1 is 1.10 bits per heavy atom. The summed E-state index contributed by atoms with van der Waals surface area (Å²) in [7, 11) is 0. The van der Waals surface area contributed by atoms with Crippen molar-refractivity contribution in [3.05, 3.63) is 47.5 Å². The van der Waals surface area contributed by atoms with Gasteiger partial charge in [0.15, 0.2) is 6.20 Å². The second-order valence-corrected chi connectivity index (χ2v) is 6.87. The Labute approximate surface area is 131 Å². The lowest BCUT2D eigenvalue weighted by Gasteiger charge is -2.00. The molecule has 0 unspecified atom stereocenters. The summed E-state index contributed by atoms with van der Waals surface area (Å²) >= 11 is 3.48. The van der Waals surface area contributed by atoms with Crippen molar-refractivity contribution in [2.45, 2.75) is 19.4 Å². The summed E-state index contributed by atoms with van der Waals surface area (Å²) in [4.78, 5) is 2.24. The van der Waals surface area contributed by atoms with Crippen LogP contribution in [0.15, 0.2) is 41.9 Å². The molecule has 4 rings (SSSR count). The third kappa shape index (κ3) is 2.27. The van der Waals surface area contributed by atoms with Crippen LogP contribution in [0.2, 0.25) is 0 Å². The summed E-state index contributed by atoms with van der Waals surface area (Å²) in [5, 5.41) is 14.0. The number of thiazole rings is 1. The van der Waals surface area contributed by atoms with E-state index in [9.17, 15) is 5.11 Å². The normalized spacial score (nSPS) is 13.0. The van der Waals surface area contributed by atoms with Gasteiger partial charge in [-0.15, -0.1) is 11.3 Å². The van der Waals surface area contributed by atoms with Crippen molar-refractivity contribution in [2.24, 2.45) is 0 Å². The number of fused-ring (bicyclic) bond motifs is 3. The number of benzene rings is 1. The Bertz CT molecular complexity index is 762. The van der Waals surface area contributed by atoms with E-state index in [0.717, 1.165) is 35.4 Å². The number of nitrogens with zero attached hydrogens (tertiary/aromatic N) is 1. The highest BCUT2D eigenvalue weighted by Gasteiger charge is 2.29. The van der Waals surface area contributed by atoms with Gasteiger partial charge in [0.25, 0.3) is 5.01 Å². The summed E-state index contributed by atoms with van der Waals surface area (Å²) < 4.78 is 2.31. The molecule has 0 spiro atoms. The highest BCUT2D eigenvalue weighted by molar-refractivity contribution is 7.23. The molecule has 2 aromatic heterocycles. The lowest BCUT2D eigenvalue weighted by molar-refractivity contribution is -0.681. The minimum Gasteiger partial charge on any atom is -0.870 e. The van der Waals surface area contributed by atoms with Crippen molar-refractivity contribution in [1.82, 2.24) is 0 Å². The van der Waals surface area contributed by atoms with Crippen LogP contribution < -0.4 is 4.57 Å². The zero-order valence-electron chi connectivity index (χ0n) is 11.3. The summed E-state index contributed by atoms with van der Waals surface area (Å²) in [6.45, 7) is 1.04. The van der Waals surface area contributed by atoms with E-state index in [1.807, 2.05) is 18.2 Å². The number of rotatable bonds is 1. The molecule has 21 heavy (non-hydrogen) atoms. The molecule has 5 heteroatoms. The molecule has 0 saturated carbocycles. The predicted octanol–water partition coefficient (Wildman–Crippen LogP) is 3.91. The first-order chi connectivity index (χ1) is 9.84. The largest absolute Gasteiger partial charge is 0.870 e. The highest BCUT2D eigenvalue weighted by Crippen LogP contribution is 2.47. The van der Waals surface area contributed by atoms with E-state index in [1.54, 1.807) is 22.7 Å². The molecule has 2 N–H and O–H groups in total. The molecule has 0 amide bonds. The summed E-state index contributed by atoms with van der Waals surface area (Å²) in [6.07, 6.45) is 4.19. The number of aromatic nitrogens is 1. The van der Waals surface area contributed by atoms with E-state index in [2.05, 4.69) is 28.3 Å². The van der Waals surface area contributed by atoms with Gasteiger partial charge in [-0.05, 0) is 12.0 Å². The van der Waals surface area contributed by atoms with Gasteiger partial charge in [-0.2, -0.15) is 4.57 Å². The van der Waals surface area contributed by atoms with Crippen LogP contribution in [0.25, 0.3) is 20.3 Å². The van der Waals surface area contributed by atoms with Gasteiger partial charge < -0.3 is 10.6 Å². The molecule has 1 aromatic carbocycles. The maximum atomic E-state index is 10.6. The van der Waals surface area contributed by atoms with E-state index in [4.69, 9.17) is 0 Å². The maximum Gasteiger partial charge on any atom is 0.279 e. The van der Waals surface area contributed by atoms with Gasteiger partial charge in [0, 0.05) is 12.0 Å². The van der Waals surface area contributed by atoms with E-state index in [0.29, 0.717) is 5.75 Å². The fourth-order valence-corrected chi connectivity index (χ4v) is 5.06.